The van der Waals surface area contributed by atoms with Crippen molar-refractivity contribution in [2.45, 2.75) is 19.7 Å². The number of benzene rings is 1. The quantitative estimate of drug-likeness (QED) is 0.839. The van der Waals surface area contributed by atoms with Crippen molar-refractivity contribution < 1.29 is 17.9 Å². The first-order valence-electron chi connectivity index (χ1n) is 5.68. The highest BCUT2D eigenvalue weighted by Gasteiger charge is 2.32. The molecule has 0 unspecified atom stereocenters. The van der Waals surface area contributed by atoms with Gasteiger partial charge in [-0.1, -0.05) is 18.2 Å². The summed E-state index contributed by atoms with van der Waals surface area (Å²) in [6, 6.07) is 11.1. The van der Waals surface area contributed by atoms with E-state index in [2.05, 4.69) is 4.98 Å². The topological polar surface area (TPSA) is 22.1 Å². The minimum absolute atomic E-state index is 0.00731. The molecule has 0 aliphatic carbocycles. The molecule has 2 nitrogen and oxygen atoms in total. The molecule has 1 heterocycles. The summed E-state index contributed by atoms with van der Waals surface area (Å²) in [7, 11) is 0. The Labute approximate surface area is 108 Å². The van der Waals surface area contributed by atoms with Crippen LogP contribution in [0.4, 0.5) is 13.2 Å². The smallest absolute Gasteiger partial charge is 0.433 e. The number of pyridine rings is 1. The van der Waals surface area contributed by atoms with Gasteiger partial charge in [0.2, 0.25) is 0 Å². The maximum atomic E-state index is 12.5. The normalized spacial score (nSPS) is 11.4. The fourth-order valence-corrected chi connectivity index (χ4v) is 1.58. The van der Waals surface area contributed by atoms with Gasteiger partial charge in [0, 0.05) is 0 Å². The van der Waals surface area contributed by atoms with E-state index < -0.39 is 11.9 Å². The third-order valence-electron chi connectivity index (χ3n) is 2.47. The third kappa shape index (κ3) is 3.71. The summed E-state index contributed by atoms with van der Waals surface area (Å²) in [6.07, 6.45) is -4.43. The predicted octanol–water partition coefficient (Wildman–Crippen LogP) is 3.99. The average molecular weight is 267 g/mol. The van der Waals surface area contributed by atoms with Gasteiger partial charge in [-0.15, -0.1) is 0 Å². The number of aromatic nitrogens is 1. The molecule has 0 spiro atoms. The Kier molecular flexibility index (Phi) is 3.74. The number of hydrogen-bond donors (Lipinski definition) is 0. The summed E-state index contributed by atoms with van der Waals surface area (Å²) >= 11 is 0. The van der Waals surface area contributed by atoms with Crippen LogP contribution in [0.1, 0.15) is 17.0 Å². The lowest BCUT2D eigenvalue weighted by molar-refractivity contribution is -0.141. The molecule has 1 aromatic heterocycles. The zero-order valence-electron chi connectivity index (χ0n) is 10.2. The van der Waals surface area contributed by atoms with Crippen molar-refractivity contribution in [2.24, 2.45) is 0 Å². The summed E-state index contributed by atoms with van der Waals surface area (Å²) in [4.78, 5) is 3.53. The standard InChI is InChI=1S/C14H12F3NO/c1-10-4-2-6-12(8-10)19-9-11-5-3-7-13(18-11)14(15,16)17/h2-8H,9H2,1H3. The van der Waals surface area contributed by atoms with Gasteiger partial charge in [-0.25, -0.2) is 4.98 Å². The highest BCUT2D eigenvalue weighted by Crippen LogP contribution is 2.27. The second-order valence-corrected chi connectivity index (χ2v) is 4.12. The van der Waals surface area contributed by atoms with Crippen LogP contribution >= 0.6 is 0 Å². The number of halogens is 3. The van der Waals surface area contributed by atoms with Crippen LogP contribution in [0.25, 0.3) is 0 Å². The van der Waals surface area contributed by atoms with Crippen molar-refractivity contribution in [2.75, 3.05) is 0 Å². The zero-order valence-corrected chi connectivity index (χ0v) is 10.2. The Morgan fingerprint density at radius 3 is 2.53 bits per heavy atom. The van der Waals surface area contributed by atoms with Crippen molar-refractivity contribution in [3.05, 3.63) is 59.4 Å². The molecule has 0 saturated heterocycles. The first kappa shape index (κ1) is 13.4. The lowest BCUT2D eigenvalue weighted by Crippen LogP contribution is -2.10. The maximum Gasteiger partial charge on any atom is 0.433 e. The third-order valence-corrected chi connectivity index (χ3v) is 2.47. The fourth-order valence-electron chi connectivity index (χ4n) is 1.58. The lowest BCUT2D eigenvalue weighted by atomic mass is 10.2. The number of ether oxygens (including phenoxy) is 1. The van der Waals surface area contributed by atoms with Gasteiger partial charge in [-0.3, -0.25) is 0 Å². The molecule has 1 aromatic carbocycles. The molecule has 100 valence electrons. The van der Waals surface area contributed by atoms with E-state index >= 15 is 0 Å². The van der Waals surface area contributed by atoms with E-state index in [9.17, 15) is 13.2 Å². The molecule has 0 N–H and O–H groups in total. The van der Waals surface area contributed by atoms with E-state index in [1.165, 1.54) is 12.1 Å². The van der Waals surface area contributed by atoms with Gasteiger partial charge in [0.05, 0.1) is 5.69 Å². The molecule has 19 heavy (non-hydrogen) atoms. The minimum atomic E-state index is -4.43. The average Bonchev–Trinajstić information content (AvgIpc) is 2.36. The number of alkyl halides is 3. The highest BCUT2D eigenvalue weighted by molar-refractivity contribution is 5.27. The Bertz CT molecular complexity index is 567. The van der Waals surface area contributed by atoms with Crippen LogP contribution in [0.3, 0.4) is 0 Å². The number of nitrogens with zero attached hydrogens (tertiary/aromatic N) is 1. The van der Waals surface area contributed by atoms with Gasteiger partial charge in [0.15, 0.2) is 0 Å². The molecule has 5 heteroatoms. The van der Waals surface area contributed by atoms with E-state index in [4.69, 9.17) is 4.74 Å². The van der Waals surface area contributed by atoms with Crippen LogP contribution in [-0.2, 0) is 12.8 Å². The van der Waals surface area contributed by atoms with Crippen LogP contribution in [0, 0.1) is 6.92 Å². The molecule has 0 fully saturated rings. The molecule has 0 bridgehead atoms. The van der Waals surface area contributed by atoms with E-state index in [0.29, 0.717) is 5.75 Å². The molecule has 2 aromatic rings. The largest absolute Gasteiger partial charge is 0.487 e. The van der Waals surface area contributed by atoms with Gasteiger partial charge in [0.1, 0.15) is 18.1 Å². The number of rotatable bonds is 3. The Hall–Kier alpha value is -2.04. The molecule has 0 amide bonds. The lowest BCUT2D eigenvalue weighted by Gasteiger charge is -2.09. The van der Waals surface area contributed by atoms with Crippen LogP contribution in [0.2, 0.25) is 0 Å². The number of aryl methyl sites for hydroxylation is 1. The van der Waals surface area contributed by atoms with E-state index in [1.54, 1.807) is 6.07 Å². The minimum Gasteiger partial charge on any atom is -0.487 e. The van der Waals surface area contributed by atoms with Gasteiger partial charge < -0.3 is 4.74 Å². The molecule has 2 rings (SSSR count). The molecule has 0 radical (unpaired) electrons. The van der Waals surface area contributed by atoms with Crippen molar-refractivity contribution in [3.63, 3.8) is 0 Å². The SMILES string of the molecule is Cc1cccc(OCc2cccc(C(F)(F)F)n2)c1. The van der Waals surface area contributed by atoms with E-state index in [-0.39, 0.29) is 12.3 Å². The van der Waals surface area contributed by atoms with Crippen LogP contribution in [0.15, 0.2) is 42.5 Å². The first-order valence-corrected chi connectivity index (χ1v) is 5.68. The zero-order chi connectivity index (χ0) is 13.9. The fraction of sp³-hybridized carbons (Fsp3) is 0.214. The Balaban J connectivity index is 2.08. The molecule has 0 aliphatic rings. The predicted molar refractivity (Wildman–Crippen MR) is 64.8 cm³/mol. The Morgan fingerprint density at radius 1 is 1.11 bits per heavy atom. The van der Waals surface area contributed by atoms with Crippen LogP contribution in [0.5, 0.6) is 5.75 Å². The molecule has 0 aliphatic heterocycles. The maximum absolute atomic E-state index is 12.5. The highest BCUT2D eigenvalue weighted by atomic mass is 19.4. The van der Waals surface area contributed by atoms with Gasteiger partial charge in [-0.05, 0) is 36.8 Å². The van der Waals surface area contributed by atoms with Gasteiger partial charge >= 0.3 is 6.18 Å². The molecule has 0 atom stereocenters. The first-order chi connectivity index (χ1) is 8.95. The number of hydrogen-bond acceptors (Lipinski definition) is 2. The Morgan fingerprint density at radius 2 is 1.84 bits per heavy atom. The second-order valence-electron chi connectivity index (χ2n) is 4.12. The summed E-state index contributed by atoms with van der Waals surface area (Å²) < 4.78 is 42.9. The van der Waals surface area contributed by atoms with Crippen molar-refractivity contribution in [1.82, 2.24) is 4.98 Å². The molecular formula is C14H12F3NO. The van der Waals surface area contributed by atoms with Crippen molar-refractivity contribution >= 4 is 0 Å². The summed E-state index contributed by atoms with van der Waals surface area (Å²) in [5.41, 5.74) is 0.365. The molecule has 0 saturated carbocycles. The summed E-state index contributed by atoms with van der Waals surface area (Å²) in [5.74, 6) is 0.610. The van der Waals surface area contributed by atoms with Crippen molar-refractivity contribution in [3.8, 4) is 5.75 Å². The van der Waals surface area contributed by atoms with Crippen LogP contribution < -0.4 is 4.74 Å². The summed E-state index contributed by atoms with van der Waals surface area (Å²) in [5, 5.41) is 0. The second kappa shape index (κ2) is 5.30. The van der Waals surface area contributed by atoms with Gasteiger partial charge in [-0.2, -0.15) is 13.2 Å². The summed E-state index contributed by atoms with van der Waals surface area (Å²) in [6.45, 7) is 1.92. The van der Waals surface area contributed by atoms with Crippen molar-refractivity contribution in [1.29, 1.82) is 0 Å². The molecular weight excluding hydrogens is 255 g/mol. The van der Waals surface area contributed by atoms with Gasteiger partial charge in [0.25, 0.3) is 0 Å². The van der Waals surface area contributed by atoms with E-state index in [0.717, 1.165) is 11.6 Å². The van der Waals surface area contributed by atoms with Crippen LogP contribution in [-0.4, -0.2) is 4.98 Å². The van der Waals surface area contributed by atoms with E-state index in [1.807, 2.05) is 25.1 Å². The monoisotopic (exact) mass is 267 g/mol.